The number of benzene rings is 2. The van der Waals surface area contributed by atoms with Crippen molar-refractivity contribution in [2.75, 3.05) is 18.5 Å². The molecule has 0 saturated heterocycles. The van der Waals surface area contributed by atoms with Gasteiger partial charge in [0.25, 0.3) is 11.5 Å². The second-order valence-corrected chi connectivity index (χ2v) is 8.12. The number of hydrogen-bond acceptors (Lipinski definition) is 5. The maximum Gasteiger partial charge on any atom is 0.338 e. The fraction of sp³-hybridized carbons (Fsp3) is 0.320. The van der Waals surface area contributed by atoms with E-state index in [9.17, 15) is 14.4 Å². The van der Waals surface area contributed by atoms with E-state index >= 15 is 0 Å². The second kappa shape index (κ2) is 10.7. The number of nitrogens with one attached hydrogen (secondary N) is 1. The molecule has 0 atom stereocenters. The molecule has 0 saturated carbocycles. The van der Waals surface area contributed by atoms with Gasteiger partial charge in [-0.2, -0.15) is 0 Å². The summed E-state index contributed by atoms with van der Waals surface area (Å²) in [4.78, 5) is 37.5. The van der Waals surface area contributed by atoms with Crippen LogP contribution in [0.1, 0.15) is 36.3 Å². The number of carbonyl (C=O) groups excluding carboxylic acids is 2. The molecular weight excluding hydrogens is 422 g/mol. The van der Waals surface area contributed by atoms with Gasteiger partial charge in [-0.25, -0.2) is 9.48 Å². The smallest absolute Gasteiger partial charge is 0.338 e. The third kappa shape index (κ3) is 5.91. The molecule has 0 bridgehead atoms. The molecule has 1 amide bonds. The van der Waals surface area contributed by atoms with Gasteiger partial charge in [0, 0.05) is 7.05 Å². The largest absolute Gasteiger partial charge is 0.494 e. The summed E-state index contributed by atoms with van der Waals surface area (Å²) in [5.74, 6) is -0.0150. The molecule has 0 aliphatic carbocycles. The normalized spacial score (nSPS) is 10.8. The van der Waals surface area contributed by atoms with Crippen LogP contribution in [0.2, 0.25) is 0 Å². The van der Waals surface area contributed by atoms with Crippen molar-refractivity contribution < 1.29 is 19.1 Å². The zero-order valence-corrected chi connectivity index (χ0v) is 19.3. The molecule has 8 heteroatoms. The van der Waals surface area contributed by atoms with Crippen LogP contribution in [-0.4, -0.2) is 34.5 Å². The van der Waals surface area contributed by atoms with Crippen LogP contribution in [0.3, 0.4) is 0 Å². The van der Waals surface area contributed by atoms with Crippen LogP contribution in [0.4, 0.5) is 5.69 Å². The molecule has 2 aromatic carbocycles. The van der Waals surface area contributed by atoms with Crippen molar-refractivity contribution in [1.82, 2.24) is 9.36 Å². The summed E-state index contributed by atoms with van der Waals surface area (Å²) in [7, 11) is 1.73. The minimum atomic E-state index is -0.634. The Hall–Kier alpha value is -3.81. The summed E-state index contributed by atoms with van der Waals surface area (Å²) >= 11 is 0. The minimum absolute atomic E-state index is 0.144. The molecule has 1 aromatic heterocycles. The minimum Gasteiger partial charge on any atom is -0.494 e. The Morgan fingerprint density at radius 1 is 1.03 bits per heavy atom. The Morgan fingerprint density at radius 3 is 2.33 bits per heavy atom. The lowest BCUT2D eigenvalue weighted by Crippen LogP contribution is -2.25. The van der Waals surface area contributed by atoms with Gasteiger partial charge in [0.05, 0.1) is 23.6 Å². The highest BCUT2D eigenvalue weighted by Crippen LogP contribution is 2.15. The van der Waals surface area contributed by atoms with Crippen molar-refractivity contribution in [3.05, 3.63) is 76.2 Å². The molecule has 1 N–H and O–H groups in total. The number of aromatic nitrogens is 2. The first kappa shape index (κ1) is 23.8. The Labute approximate surface area is 192 Å². The second-order valence-electron chi connectivity index (χ2n) is 8.12. The SMILES string of the molecule is Cc1c(NC(=O)COC(=O)c2ccc(OCCC(C)C)cc2)c(=O)n(-c2ccccc2)n1C. The zero-order chi connectivity index (χ0) is 24.0. The predicted molar refractivity (Wildman–Crippen MR) is 126 cm³/mol. The van der Waals surface area contributed by atoms with Gasteiger partial charge in [-0.1, -0.05) is 32.0 Å². The Morgan fingerprint density at radius 2 is 1.70 bits per heavy atom. The molecule has 0 fully saturated rings. The third-order valence-electron chi connectivity index (χ3n) is 5.21. The number of amides is 1. The summed E-state index contributed by atoms with van der Waals surface area (Å²) in [6.07, 6.45) is 0.941. The van der Waals surface area contributed by atoms with Crippen LogP contribution in [0.15, 0.2) is 59.4 Å². The fourth-order valence-corrected chi connectivity index (χ4v) is 3.20. The third-order valence-corrected chi connectivity index (χ3v) is 5.21. The monoisotopic (exact) mass is 451 g/mol. The topological polar surface area (TPSA) is 91.6 Å². The van der Waals surface area contributed by atoms with Gasteiger partial charge in [-0.3, -0.25) is 14.3 Å². The first-order valence-electron chi connectivity index (χ1n) is 10.8. The first-order chi connectivity index (χ1) is 15.8. The van der Waals surface area contributed by atoms with Gasteiger partial charge in [-0.05, 0) is 55.7 Å². The van der Waals surface area contributed by atoms with Crippen LogP contribution in [0.5, 0.6) is 5.75 Å². The number of hydrogen-bond donors (Lipinski definition) is 1. The molecule has 0 aliphatic rings. The maximum atomic E-state index is 12.9. The van der Waals surface area contributed by atoms with E-state index in [2.05, 4.69) is 19.2 Å². The van der Waals surface area contributed by atoms with E-state index < -0.39 is 18.5 Å². The number of ether oxygens (including phenoxy) is 2. The van der Waals surface area contributed by atoms with E-state index in [1.807, 2.05) is 18.2 Å². The van der Waals surface area contributed by atoms with Crippen molar-refractivity contribution in [3.63, 3.8) is 0 Å². The van der Waals surface area contributed by atoms with Gasteiger partial charge >= 0.3 is 5.97 Å². The molecule has 0 spiro atoms. The quantitative estimate of drug-likeness (QED) is 0.501. The van der Waals surface area contributed by atoms with Crippen molar-refractivity contribution in [2.45, 2.75) is 27.2 Å². The average molecular weight is 452 g/mol. The number of anilines is 1. The average Bonchev–Trinajstić information content (AvgIpc) is 3.01. The highest BCUT2D eigenvalue weighted by atomic mass is 16.5. The lowest BCUT2D eigenvalue weighted by atomic mass is 10.1. The summed E-state index contributed by atoms with van der Waals surface area (Å²) < 4.78 is 13.9. The number of esters is 1. The molecule has 0 unspecified atom stereocenters. The van der Waals surface area contributed by atoms with Gasteiger partial charge in [0.15, 0.2) is 6.61 Å². The van der Waals surface area contributed by atoms with E-state index in [4.69, 9.17) is 9.47 Å². The summed E-state index contributed by atoms with van der Waals surface area (Å²) in [5, 5.41) is 2.57. The lowest BCUT2D eigenvalue weighted by Gasteiger charge is -2.09. The lowest BCUT2D eigenvalue weighted by molar-refractivity contribution is -0.119. The first-order valence-corrected chi connectivity index (χ1v) is 10.8. The number of rotatable bonds is 9. The van der Waals surface area contributed by atoms with Crippen molar-refractivity contribution in [2.24, 2.45) is 13.0 Å². The summed E-state index contributed by atoms with van der Waals surface area (Å²) in [6.45, 7) is 6.07. The molecule has 33 heavy (non-hydrogen) atoms. The van der Waals surface area contributed by atoms with E-state index in [1.165, 1.54) is 4.68 Å². The highest BCUT2D eigenvalue weighted by Gasteiger charge is 2.19. The standard InChI is InChI=1S/C25H29N3O5/c1-17(2)14-15-32-21-12-10-19(11-13-21)25(31)33-16-22(29)26-23-18(3)27(4)28(24(23)30)20-8-6-5-7-9-20/h5-13,17H,14-16H2,1-4H3,(H,26,29). The van der Waals surface area contributed by atoms with Crippen LogP contribution in [0.25, 0.3) is 5.69 Å². The molecule has 3 rings (SSSR count). The summed E-state index contributed by atoms with van der Waals surface area (Å²) in [6, 6.07) is 15.7. The van der Waals surface area contributed by atoms with E-state index in [-0.39, 0.29) is 11.2 Å². The number of para-hydroxylation sites is 1. The van der Waals surface area contributed by atoms with Gasteiger partial charge in [0.1, 0.15) is 11.4 Å². The van der Waals surface area contributed by atoms with Gasteiger partial charge in [-0.15, -0.1) is 0 Å². The highest BCUT2D eigenvalue weighted by molar-refractivity contribution is 5.95. The number of carbonyl (C=O) groups is 2. The molecular formula is C25H29N3O5. The summed E-state index contributed by atoms with van der Waals surface area (Å²) in [5.41, 5.74) is 1.34. The van der Waals surface area contributed by atoms with Crippen molar-refractivity contribution >= 4 is 17.6 Å². The Balaban J connectivity index is 1.59. The van der Waals surface area contributed by atoms with Crippen LogP contribution in [-0.2, 0) is 16.6 Å². The molecule has 174 valence electrons. The Bertz CT molecular complexity index is 1160. The van der Waals surface area contributed by atoms with E-state index in [0.29, 0.717) is 35.2 Å². The fourth-order valence-electron chi connectivity index (χ4n) is 3.20. The van der Waals surface area contributed by atoms with Crippen molar-refractivity contribution in [3.8, 4) is 11.4 Å². The van der Waals surface area contributed by atoms with Gasteiger partial charge < -0.3 is 14.8 Å². The molecule has 8 nitrogen and oxygen atoms in total. The van der Waals surface area contributed by atoms with Gasteiger partial charge in [0.2, 0.25) is 0 Å². The molecule has 3 aromatic rings. The maximum absolute atomic E-state index is 12.9. The number of nitrogens with zero attached hydrogens (tertiary/aromatic N) is 2. The van der Waals surface area contributed by atoms with Crippen LogP contribution in [0, 0.1) is 12.8 Å². The molecule has 1 heterocycles. The van der Waals surface area contributed by atoms with E-state index in [1.54, 1.807) is 55.1 Å². The molecule has 0 radical (unpaired) electrons. The van der Waals surface area contributed by atoms with Crippen molar-refractivity contribution in [1.29, 1.82) is 0 Å². The zero-order valence-electron chi connectivity index (χ0n) is 19.3. The van der Waals surface area contributed by atoms with Crippen LogP contribution >= 0.6 is 0 Å². The van der Waals surface area contributed by atoms with E-state index in [0.717, 1.165) is 6.42 Å². The molecule has 0 aliphatic heterocycles. The predicted octanol–water partition coefficient (Wildman–Crippen LogP) is 3.70. The van der Waals surface area contributed by atoms with Crippen LogP contribution < -0.4 is 15.6 Å². The Kier molecular flexibility index (Phi) is 7.71.